The van der Waals surface area contributed by atoms with E-state index in [2.05, 4.69) is 15.3 Å². The maximum absolute atomic E-state index is 11.2. The molecule has 0 atom stereocenters. The third-order valence-electron chi connectivity index (χ3n) is 4.63. The first kappa shape index (κ1) is 19.9. The average Bonchev–Trinajstić information content (AvgIpc) is 2.79. The quantitative estimate of drug-likeness (QED) is 0.399. The standard InChI is InChI=1S/C24H20N4O3/c25-22-21(17-9-11-20(12-10-17)31-19-7-2-1-3-8-19)23(28-15-27-22)26-14-16-5-4-6-18(13-16)24(29)30/h1-13,15H,14H2,(H,29,30)(H3,25,26,27,28). The van der Waals surface area contributed by atoms with E-state index in [1.807, 2.05) is 60.7 Å². The number of nitrogen functional groups attached to an aromatic ring is 1. The Morgan fingerprint density at radius 1 is 0.935 bits per heavy atom. The Kier molecular flexibility index (Phi) is 5.75. The van der Waals surface area contributed by atoms with Crippen molar-refractivity contribution in [3.8, 4) is 22.6 Å². The first-order valence-corrected chi connectivity index (χ1v) is 9.60. The topological polar surface area (TPSA) is 110 Å². The van der Waals surface area contributed by atoms with Crippen LogP contribution >= 0.6 is 0 Å². The first-order valence-electron chi connectivity index (χ1n) is 9.60. The Bertz CT molecular complexity index is 1200. The molecule has 31 heavy (non-hydrogen) atoms. The summed E-state index contributed by atoms with van der Waals surface area (Å²) in [5.74, 6) is 1.39. The highest BCUT2D eigenvalue weighted by Crippen LogP contribution is 2.32. The van der Waals surface area contributed by atoms with Crippen molar-refractivity contribution < 1.29 is 14.6 Å². The summed E-state index contributed by atoms with van der Waals surface area (Å²) in [6.07, 6.45) is 1.39. The molecule has 0 saturated heterocycles. The Balaban J connectivity index is 1.55. The lowest BCUT2D eigenvalue weighted by molar-refractivity contribution is 0.0696. The summed E-state index contributed by atoms with van der Waals surface area (Å²) in [5.41, 5.74) is 8.70. The van der Waals surface area contributed by atoms with Gasteiger partial charge in [-0.3, -0.25) is 0 Å². The largest absolute Gasteiger partial charge is 0.478 e. The predicted molar refractivity (Wildman–Crippen MR) is 119 cm³/mol. The van der Waals surface area contributed by atoms with Crippen molar-refractivity contribution in [3.63, 3.8) is 0 Å². The number of hydrogen-bond donors (Lipinski definition) is 3. The molecule has 0 radical (unpaired) electrons. The number of anilines is 2. The highest BCUT2D eigenvalue weighted by molar-refractivity contribution is 5.88. The molecule has 0 aliphatic carbocycles. The summed E-state index contributed by atoms with van der Waals surface area (Å²) in [6, 6.07) is 23.8. The van der Waals surface area contributed by atoms with Gasteiger partial charge in [0, 0.05) is 6.54 Å². The molecule has 0 bridgehead atoms. The van der Waals surface area contributed by atoms with Gasteiger partial charge in [-0.25, -0.2) is 14.8 Å². The van der Waals surface area contributed by atoms with E-state index in [9.17, 15) is 9.90 Å². The number of nitrogens with one attached hydrogen (secondary N) is 1. The molecule has 0 aliphatic rings. The van der Waals surface area contributed by atoms with Crippen molar-refractivity contribution in [1.82, 2.24) is 9.97 Å². The number of aromatic carboxylic acids is 1. The van der Waals surface area contributed by atoms with Gasteiger partial charge in [0.15, 0.2) is 0 Å². The average molecular weight is 412 g/mol. The molecule has 154 valence electrons. The lowest BCUT2D eigenvalue weighted by atomic mass is 10.1. The molecular weight excluding hydrogens is 392 g/mol. The van der Waals surface area contributed by atoms with Crippen LogP contribution in [0.5, 0.6) is 11.5 Å². The maximum Gasteiger partial charge on any atom is 0.335 e. The SMILES string of the molecule is Nc1ncnc(NCc2cccc(C(=O)O)c2)c1-c1ccc(Oc2ccccc2)cc1. The summed E-state index contributed by atoms with van der Waals surface area (Å²) in [4.78, 5) is 19.6. The summed E-state index contributed by atoms with van der Waals surface area (Å²) in [5, 5.41) is 12.4. The summed E-state index contributed by atoms with van der Waals surface area (Å²) in [6.45, 7) is 0.389. The Morgan fingerprint density at radius 3 is 2.42 bits per heavy atom. The summed E-state index contributed by atoms with van der Waals surface area (Å²) < 4.78 is 5.84. The lowest BCUT2D eigenvalue weighted by Gasteiger charge is -2.13. The fraction of sp³-hybridized carbons (Fsp3) is 0.0417. The van der Waals surface area contributed by atoms with Gasteiger partial charge < -0.3 is 20.9 Å². The number of carboxylic acid groups (broad SMARTS) is 1. The van der Waals surface area contributed by atoms with Gasteiger partial charge in [0.25, 0.3) is 0 Å². The van der Waals surface area contributed by atoms with Gasteiger partial charge in [-0.1, -0.05) is 42.5 Å². The van der Waals surface area contributed by atoms with Crippen LogP contribution in [0.4, 0.5) is 11.6 Å². The van der Waals surface area contributed by atoms with E-state index < -0.39 is 5.97 Å². The van der Waals surface area contributed by atoms with Crippen LogP contribution < -0.4 is 15.8 Å². The van der Waals surface area contributed by atoms with Crippen molar-refractivity contribution in [2.75, 3.05) is 11.1 Å². The molecule has 0 fully saturated rings. The number of carboxylic acids is 1. The second-order valence-electron chi connectivity index (χ2n) is 6.78. The summed E-state index contributed by atoms with van der Waals surface area (Å²) >= 11 is 0. The second-order valence-corrected chi connectivity index (χ2v) is 6.78. The molecule has 0 unspecified atom stereocenters. The van der Waals surface area contributed by atoms with Crippen LogP contribution in [0.15, 0.2) is 85.2 Å². The van der Waals surface area contributed by atoms with Crippen LogP contribution in [0.2, 0.25) is 0 Å². The van der Waals surface area contributed by atoms with Gasteiger partial charge in [-0.15, -0.1) is 0 Å². The minimum absolute atomic E-state index is 0.232. The van der Waals surface area contributed by atoms with E-state index in [1.165, 1.54) is 6.33 Å². The molecule has 7 heteroatoms. The minimum atomic E-state index is -0.966. The maximum atomic E-state index is 11.2. The van der Waals surface area contributed by atoms with Gasteiger partial charge in [0.2, 0.25) is 0 Å². The van der Waals surface area contributed by atoms with Gasteiger partial charge in [-0.05, 0) is 47.5 Å². The second kappa shape index (κ2) is 8.96. The fourth-order valence-electron chi connectivity index (χ4n) is 3.13. The normalized spacial score (nSPS) is 10.5. The Labute approximate surface area is 179 Å². The van der Waals surface area contributed by atoms with E-state index in [4.69, 9.17) is 10.5 Å². The summed E-state index contributed by atoms with van der Waals surface area (Å²) in [7, 11) is 0. The highest BCUT2D eigenvalue weighted by Gasteiger charge is 2.12. The van der Waals surface area contributed by atoms with Crippen molar-refractivity contribution in [2.45, 2.75) is 6.54 Å². The van der Waals surface area contributed by atoms with Crippen molar-refractivity contribution >= 4 is 17.6 Å². The molecule has 0 saturated carbocycles. The molecule has 4 aromatic rings. The molecule has 4 N–H and O–H groups in total. The molecule has 4 rings (SSSR count). The highest BCUT2D eigenvalue weighted by atomic mass is 16.5. The number of aromatic nitrogens is 2. The molecule has 3 aromatic carbocycles. The number of nitrogens with two attached hydrogens (primary N) is 1. The first-order chi connectivity index (χ1) is 15.1. The zero-order valence-corrected chi connectivity index (χ0v) is 16.5. The van der Waals surface area contributed by atoms with E-state index >= 15 is 0 Å². The van der Waals surface area contributed by atoms with Gasteiger partial charge in [0.05, 0.1) is 11.1 Å². The van der Waals surface area contributed by atoms with Crippen molar-refractivity contribution in [1.29, 1.82) is 0 Å². The smallest absolute Gasteiger partial charge is 0.335 e. The van der Waals surface area contributed by atoms with Crippen LogP contribution in [0.3, 0.4) is 0 Å². The van der Waals surface area contributed by atoms with Crippen LogP contribution in [0.1, 0.15) is 15.9 Å². The molecule has 0 aliphatic heterocycles. The predicted octanol–water partition coefficient (Wildman–Crippen LogP) is 4.83. The third-order valence-corrected chi connectivity index (χ3v) is 4.63. The number of para-hydroxylation sites is 1. The number of rotatable bonds is 7. The van der Waals surface area contributed by atoms with Crippen molar-refractivity contribution in [2.24, 2.45) is 0 Å². The monoisotopic (exact) mass is 412 g/mol. The van der Waals surface area contributed by atoms with E-state index in [0.717, 1.165) is 16.9 Å². The van der Waals surface area contributed by atoms with Gasteiger partial charge in [0.1, 0.15) is 29.5 Å². The van der Waals surface area contributed by atoms with Crippen LogP contribution in [0.25, 0.3) is 11.1 Å². The molecule has 0 amide bonds. The number of ether oxygens (including phenoxy) is 1. The number of carbonyl (C=O) groups is 1. The van der Waals surface area contributed by atoms with Gasteiger partial charge in [-0.2, -0.15) is 0 Å². The van der Waals surface area contributed by atoms with E-state index in [1.54, 1.807) is 18.2 Å². The Morgan fingerprint density at radius 2 is 1.68 bits per heavy atom. The number of benzene rings is 3. The van der Waals surface area contributed by atoms with E-state index in [0.29, 0.717) is 29.5 Å². The molecular formula is C24H20N4O3. The third kappa shape index (κ3) is 4.79. The van der Waals surface area contributed by atoms with E-state index in [-0.39, 0.29) is 5.56 Å². The molecule has 0 spiro atoms. The number of nitrogens with zero attached hydrogens (tertiary/aromatic N) is 2. The van der Waals surface area contributed by atoms with Crippen LogP contribution in [-0.2, 0) is 6.54 Å². The lowest BCUT2D eigenvalue weighted by Crippen LogP contribution is -2.07. The Hall–Kier alpha value is -4.39. The van der Waals surface area contributed by atoms with Gasteiger partial charge >= 0.3 is 5.97 Å². The number of hydrogen-bond acceptors (Lipinski definition) is 6. The zero-order valence-electron chi connectivity index (χ0n) is 16.5. The van der Waals surface area contributed by atoms with Crippen molar-refractivity contribution in [3.05, 3.63) is 96.3 Å². The van der Waals surface area contributed by atoms with Crippen LogP contribution in [0, 0.1) is 0 Å². The minimum Gasteiger partial charge on any atom is -0.478 e. The molecule has 1 heterocycles. The molecule has 1 aromatic heterocycles. The molecule has 7 nitrogen and oxygen atoms in total. The zero-order chi connectivity index (χ0) is 21.6. The fourth-order valence-corrected chi connectivity index (χ4v) is 3.13. The van der Waals surface area contributed by atoms with Crippen LogP contribution in [-0.4, -0.2) is 21.0 Å².